The Labute approximate surface area is 160 Å². The number of aryl methyl sites for hydroxylation is 1. The molecule has 0 aliphatic rings. The standard InChI is InChI=1S/C21H16N4OS/c1-2-7-15(8-3-1)12-14-27-21-22-17-10-5-4-9-16(17)20-23-19(24-25(20)21)18-11-6-13-26-18/h1-11,13H,12,14H2. The van der Waals surface area contributed by atoms with Gasteiger partial charge in [0.2, 0.25) is 5.82 Å². The molecule has 5 aromatic rings. The highest BCUT2D eigenvalue weighted by Gasteiger charge is 2.15. The van der Waals surface area contributed by atoms with E-state index in [1.54, 1.807) is 18.0 Å². The van der Waals surface area contributed by atoms with E-state index in [1.165, 1.54) is 5.56 Å². The molecule has 3 heterocycles. The molecule has 27 heavy (non-hydrogen) atoms. The molecular weight excluding hydrogens is 356 g/mol. The van der Waals surface area contributed by atoms with Crippen LogP contribution in [-0.2, 0) is 6.42 Å². The van der Waals surface area contributed by atoms with Crippen LogP contribution in [0.1, 0.15) is 5.56 Å². The smallest absolute Gasteiger partial charge is 0.218 e. The third-order valence-electron chi connectivity index (χ3n) is 4.36. The highest BCUT2D eigenvalue weighted by atomic mass is 32.2. The second kappa shape index (κ2) is 6.89. The van der Waals surface area contributed by atoms with Crippen LogP contribution >= 0.6 is 11.8 Å². The van der Waals surface area contributed by atoms with Gasteiger partial charge in [0.25, 0.3) is 0 Å². The molecule has 0 fully saturated rings. The summed E-state index contributed by atoms with van der Waals surface area (Å²) in [5.41, 5.74) is 3.04. The lowest BCUT2D eigenvalue weighted by molar-refractivity contribution is 0.576. The van der Waals surface area contributed by atoms with Crippen molar-refractivity contribution in [2.24, 2.45) is 0 Å². The Morgan fingerprint density at radius 3 is 2.59 bits per heavy atom. The third-order valence-corrected chi connectivity index (χ3v) is 5.29. The van der Waals surface area contributed by atoms with Gasteiger partial charge in [0.05, 0.1) is 11.8 Å². The monoisotopic (exact) mass is 372 g/mol. The highest BCUT2D eigenvalue weighted by Crippen LogP contribution is 2.26. The SMILES string of the molecule is c1ccc(CCSc2nc3ccccc3c3nc(-c4ccco4)nn23)cc1. The molecule has 0 unspecified atom stereocenters. The minimum atomic E-state index is 0.572. The Bertz CT molecular complexity index is 1200. The number of furan rings is 1. The van der Waals surface area contributed by atoms with Crippen molar-refractivity contribution >= 4 is 28.3 Å². The molecule has 0 spiro atoms. The third kappa shape index (κ3) is 3.08. The molecule has 0 radical (unpaired) electrons. The molecule has 0 atom stereocenters. The van der Waals surface area contributed by atoms with Crippen LogP contribution in [0.3, 0.4) is 0 Å². The van der Waals surface area contributed by atoms with Gasteiger partial charge in [0, 0.05) is 11.1 Å². The average Bonchev–Trinajstić information content (AvgIpc) is 3.39. The van der Waals surface area contributed by atoms with Crippen molar-refractivity contribution in [3.8, 4) is 11.6 Å². The molecule has 2 aromatic carbocycles. The van der Waals surface area contributed by atoms with Crippen molar-refractivity contribution in [3.63, 3.8) is 0 Å². The van der Waals surface area contributed by atoms with E-state index in [9.17, 15) is 0 Å². The highest BCUT2D eigenvalue weighted by molar-refractivity contribution is 7.99. The van der Waals surface area contributed by atoms with E-state index in [1.807, 2.05) is 47.0 Å². The molecular formula is C21H16N4OS. The molecule has 0 saturated heterocycles. The van der Waals surface area contributed by atoms with Crippen molar-refractivity contribution in [1.82, 2.24) is 19.6 Å². The van der Waals surface area contributed by atoms with Crippen molar-refractivity contribution in [2.75, 3.05) is 5.75 Å². The molecule has 0 bridgehead atoms. The zero-order valence-corrected chi connectivity index (χ0v) is 15.3. The molecule has 6 heteroatoms. The molecule has 0 aliphatic carbocycles. The van der Waals surface area contributed by atoms with Crippen LogP contribution in [0.4, 0.5) is 0 Å². The predicted octanol–water partition coefficient (Wildman–Crippen LogP) is 4.87. The van der Waals surface area contributed by atoms with Crippen LogP contribution < -0.4 is 0 Å². The lowest BCUT2D eigenvalue weighted by Crippen LogP contribution is -1.99. The normalized spacial score (nSPS) is 11.4. The first kappa shape index (κ1) is 16.1. The summed E-state index contributed by atoms with van der Waals surface area (Å²) >= 11 is 1.69. The second-order valence-corrected chi connectivity index (χ2v) is 7.21. The predicted molar refractivity (Wildman–Crippen MR) is 107 cm³/mol. The second-order valence-electron chi connectivity index (χ2n) is 6.14. The quantitative estimate of drug-likeness (QED) is 0.325. The summed E-state index contributed by atoms with van der Waals surface area (Å²) < 4.78 is 7.30. The Morgan fingerprint density at radius 2 is 1.74 bits per heavy atom. The fraction of sp³-hybridized carbons (Fsp3) is 0.0952. The maximum atomic E-state index is 5.47. The zero-order chi connectivity index (χ0) is 18.1. The number of para-hydroxylation sites is 1. The summed E-state index contributed by atoms with van der Waals surface area (Å²) in [7, 11) is 0. The average molecular weight is 372 g/mol. The molecule has 0 N–H and O–H groups in total. The summed E-state index contributed by atoms with van der Waals surface area (Å²) in [4.78, 5) is 9.54. The van der Waals surface area contributed by atoms with Crippen molar-refractivity contribution in [3.05, 3.63) is 78.6 Å². The van der Waals surface area contributed by atoms with Gasteiger partial charge in [-0.3, -0.25) is 0 Å². The fourth-order valence-corrected chi connectivity index (χ4v) is 3.97. The molecule has 0 amide bonds. The van der Waals surface area contributed by atoms with E-state index in [0.29, 0.717) is 11.6 Å². The fourth-order valence-electron chi connectivity index (χ4n) is 3.04. The number of nitrogens with zero attached hydrogens (tertiary/aromatic N) is 4. The van der Waals surface area contributed by atoms with Gasteiger partial charge < -0.3 is 4.42 Å². The number of hydrogen-bond donors (Lipinski definition) is 0. The van der Waals surface area contributed by atoms with Crippen LogP contribution in [0.15, 0.2) is 82.6 Å². The van der Waals surface area contributed by atoms with E-state index in [2.05, 4.69) is 29.4 Å². The minimum absolute atomic E-state index is 0.572. The molecule has 132 valence electrons. The van der Waals surface area contributed by atoms with Crippen molar-refractivity contribution in [1.29, 1.82) is 0 Å². The van der Waals surface area contributed by atoms with Gasteiger partial charge in [-0.25, -0.2) is 9.97 Å². The van der Waals surface area contributed by atoms with Gasteiger partial charge >= 0.3 is 0 Å². The topological polar surface area (TPSA) is 56.2 Å². The van der Waals surface area contributed by atoms with E-state index >= 15 is 0 Å². The Morgan fingerprint density at radius 1 is 0.889 bits per heavy atom. The summed E-state index contributed by atoms with van der Waals surface area (Å²) in [5.74, 6) is 2.14. The summed E-state index contributed by atoms with van der Waals surface area (Å²) in [6, 6.07) is 22.2. The van der Waals surface area contributed by atoms with Crippen LogP contribution in [0.5, 0.6) is 0 Å². The first-order valence-corrected chi connectivity index (χ1v) is 9.73. The molecule has 0 aliphatic heterocycles. The molecule has 5 rings (SSSR count). The minimum Gasteiger partial charge on any atom is -0.461 e. The Kier molecular flexibility index (Phi) is 4.10. The number of benzene rings is 2. The maximum absolute atomic E-state index is 5.47. The van der Waals surface area contributed by atoms with Crippen molar-refractivity contribution in [2.45, 2.75) is 11.6 Å². The Balaban J connectivity index is 1.55. The number of rotatable bonds is 5. The Hall–Kier alpha value is -3.12. The summed E-state index contributed by atoms with van der Waals surface area (Å²) in [5, 5.41) is 6.48. The van der Waals surface area contributed by atoms with Crippen LogP contribution in [0, 0.1) is 0 Å². The number of fused-ring (bicyclic) bond motifs is 3. The molecule has 5 nitrogen and oxygen atoms in total. The summed E-state index contributed by atoms with van der Waals surface area (Å²) in [6.07, 6.45) is 2.61. The summed E-state index contributed by atoms with van der Waals surface area (Å²) in [6.45, 7) is 0. The van der Waals surface area contributed by atoms with Gasteiger partial charge in [-0.2, -0.15) is 4.52 Å². The van der Waals surface area contributed by atoms with E-state index < -0.39 is 0 Å². The van der Waals surface area contributed by atoms with Gasteiger partial charge in [0.1, 0.15) is 0 Å². The van der Waals surface area contributed by atoms with E-state index in [4.69, 9.17) is 14.4 Å². The lowest BCUT2D eigenvalue weighted by atomic mass is 10.2. The van der Waals surface area contributed by atoms with Crippen LogP contribution in [0.25, 0.3) is 28.1 Å². The first-order chi connectivity index (χ1) is 13.4. The largest absolute Gasteiger partial charge is 0.461 e. The molecule has 0 saturated carbocycles. The van der Waals surface area contributed by atoms with E-state index in [-0.39, 0.29) is 0 Å². The molecule has 3 aromatic heterocycles. The van der Waals surface area contributed by atoms with Crippen LogP contribution in [0.2, 0.25) is 0 Å². The maximum Gasteiger partial charge on any atom is 0.218 e. The van der Waals surface area contributed by atoms with Crippen molar-refractivity contribution < 1.29 is 4.42 Å². The number of aromatic nitrogens is 4. The van der Waals surface area contributed by atoms with Gasteiger partial charge in [-0.15, -0.1) is 5.10 Å². The van der Waals surface area contributed by atoms with Gasteiger partial charge in [-0.1, -0.05) is 54.2 Å². The number of hydrogen-bond acceptors (Lipinski definition) is 5. The zero-order valence-electron chi connectivity index (χ0n) is 14.4. The van der Waals surface area contributed by atoms with E-state index in [0.717, 1.165) is 33.9 Å². The van der Waals surface area contributed by atoms with Gasteiger partial charge in [0.15, 0.2) is 16.6 Å². The first-order valence-electron chi connectivity index (χ1n) is 8.74. The lowest BCUT2D eigenvalue weighted by Gasteiger charge is -2.06. The van der Waals surface area contributed by atoms with Gasteiger partial charge in [-0.05, 0) is 36.2 Å². The number of thioether (sulfide) groups is 1. The van der Waals surface area contributed by atoms with Crippen LogP contribution in [-0.4, -0.2) is 25.3 Å².